The van der Waals surface area contributed by atoms with Crippen LogP contribution in [0, 0.1) is 0 Å². The van der Waals surface area contributed by atoms with Crippen molar-refractivity contribution >= 4 is 0 Å². The van der Waals surface area contributed by atoms with Crippen LogP contribution in [-0.2, 0) is 9.47 Å². The highest BCUT2D eigenvalue weighted by Gasteiger charge is 2.48. The standard InChI is InChI=1S/C12H24F2N2O2/c1-4-17-9-7-15-5-6-16(12(15,13)14)8-10-18-11(2)3/h11H,4-10H2,1-3H3. The SMILES string of the molecule is CCOCCN1CCN(CCOC(C)C)C1(F)F. The molecular formula is C12H24F2N2O2. The maximum Gasteiger partial charge on any atom is 0.369 e. The van der Waals surface area contributed by atoms with E-state index in [1.165, 1.54) is 4.90 Å². The summed E-state index contributed by atoms with van der Waals surface area (Å²) in [4.78, 5) is 2.33. The van der Waals surface area contributed by atoms with Crippen molar-refractivity contribution in [2.75, 3.05) is 46.0 Å². The number of halogens is 2. The van der Waals surface area contributed by atoms with Crippen molar-refractivity contribution < 1.29 is 18.3 Å². The first kappa shape index (κ1) is 15.8. The molecule has 1 heterocycles. The van der Waals surface area contributed by atoms with Gasteiger partial charge in [-0.15, -0.1) is 0 Å². The zero-order chi connectivity index (χ0) is 13.6. The van der Waals surface area contributed by atoms with Crippen LogP contribution in [-0.4, -0.2) is 68.1 Å². The number of ether oxygens (including phenoxy) is 2. The molecule has 1 aliphatic heterocycles. The summed E-state index contributed by atoms with van der Waals surface area (Å²) in [5.74, 6) is 0. The van der Waals surface area contributed by atoms with Gasteiger partial charge in [-0.1, -0.05) is 0 Å². The van der Waals surface area contributed by atoms with E-state index in [4.69, 9.17) is 9.47 Å². The normalized spacial score (nSPS) is 21.0. The number of hydrogen-bond donors (Lipinski definition) is 0. The summed E-state index contributed by atoms with van der Waals surface area (Å²) < 4.78 is 38.4. The number of rotatable bonds is 8. The lowest BCUT2D eigenvalue weighted by Gasteiger charge is -2.29. The second kappa shape index (κ2) is 7.33. The zero-order valence-corrected chi connectivity index (χ0v) is 11.5. The maximum atomic E-state index is 14.0. The molecule has 108 valence electrons. The van der Waals surface area contributed by atoms with Crippen molar-refractivity contribution in [1.82, 2.24) is 9.80 Å². The van der Waals surface area contributed by atoms with Crippen molar-refractivity contribution in [2.45, 2.75) is 33.0 Å². The number of hydrogen-bond acceptors (Lipinski definition) is 4. The van der Waals surface area contributed by atoms with Gasteiger partial charge in [-0.3, -0.25) is 0 Å². The Morgan fingerprint density at radius 3 is 2.17 bits per heavy atom. The second-order valence-corrected chi connectivity index (χ2v) is 4.60. The molecular weight excluding hydrogens is 242 g/mol. The number of nitrogens with zero attached hydrogens (tertiary/aromatic N) is 2. The van der Waals surface area contributed by atoms with Crippen LogP contribution in [0.1, 0.15) is 20.8 Å². The molecule has 0 N–H and O–H groups in total. The van der Waals surface area contributed by atoms with E-state index in [2.05, 4.69) is 0 Å². The molecule has 0 spiro atoms. The summed E-state index contributed by atoms with van der Waals surface area (Å²) in [5, 5.41) is 0. The van der Waals surface area contributed by atoms with E-state index >= 15 is 0 Å². The molecule has 1 rings (SSSR count). The van der Waals surface area contributed by atoms with Gasteiger partial charge in [0, 0.05) is 32.8 Å². The highest BCUT2D eigenvalue weighted by Crippen LogP contribution is 2.29. The van der Waals surface area contributed by atoms with E-state index in [-0.39, 0.29) is 19.2 Å². The molecule has 6 heteroatoms. The summed E-state index contributed by atoms with van der Waals surface area (Å²) in [5.41, 5.74) is 0. The lowest BCUT2D eigenvalue weighted by atomic mass is 10.5. The molecule has 0 aromatic rings. The van der Waals surface area contributed by atoms with Crippen molar-refractivity contribution in [3.63, 3.8) is 0 Å². The van der Waals surface area contributed by atoms with Crippen LogP contribution >= 0.6 is 0 Å². The molecule has 0 aromatic carbocycles. The fraction of sp³-hybridized carbons (Fsp3) is 1.00. The van der Waals surface area contributed by atoms with Crippen LogP contribution in [0.25, 0.3) is 0 Å². The summed E-state index contributed by atoms with van der Waals surface area (Å²) in [7, 11) is 0. The predicted octanol–water partition coefficient (Wildman–Crippen LogP) is 1.62. The quantitative estimate of drug-likeness (QED) is 0.492. The first-order valence-corrected chi connectivity index (χ1v) is 6.55. The van der Waals surface area contributed by atoms with Crippen LogP contribution in [0.2, 0.25) is 0 Å². The van der Waals surface area contributed by atoms with Crippen LogP contribution in [0.4, 0.5) is 8.78 Å². The van der Waals surface area contributed by atoms with Crippen molar-refractivity contribution in [1.29, 1.82) is 0 Å². The fourth-order valence-electron chi connectivity index (χ4n) is 1.92. The molecule has 4 nitrogen and oxygen atoms in total. The molecule has 0 saturated carbocycles. The Kier molecular flexibility index (Phi) is 6.42. The maximum absolute atomic E-state index is 14.0. The van der Waals surface area contributed by atoms with Gasteiger partial charge in [-0.25, -0.2) is 9.80 Å². The van der Waals surface area contributed by atoms with E-state index < -0.39 is 6.17 Å². The third-order valence-corrected chi connectivity index (χ3v) is 2.92. The van der Waals surface area contributed by atoms with Gasteiger partial charge >= 0.3 is 6.17 Å². The zero-order valence-electron chi connectivity index (χ0n) is 11.5. The van der Waals surface area contributed by atoms with Gasteiger partial charge in [-0.2, -0.15) is 8.78 Å². The van der Waals surface area contributed by atoms with Crippen LogP contribution in [0.3, 0.4) is 0 Å². The molecule has 0 bridgehead atoms. The highest BCUT2D eigenvalue weighted by molar-refractivity contribution is 4.80. The van der Waals surface area contributed by atoms with Crippen molar-refractivity contribution in [3.05, 3.63) is 0 Å². The first-order valence-electron chi connectivity index (χ1n) is 6.55. The van der Waals surface area contributed by atoms with E-state index in [0.29, 0.717) is 32.9 Å². The van der Waals surface area contributed by atoms with Gasteiger partial charge in [0.15, 0.2) is 0 Å². The van der Waals surface area contributed by atoms with Gasteiger partial charge in [-0.05, 0) is 20.8 Å². The molecule has 1 saturated heterocycles. The van der Waals surface area contributed by atoms with Crippen molar-refractivity contribution in [3.8, 4) is 0 Å². The van der Waals surface area contributed by atoms with Gasteiger partial charge in [0.1, 0.15) is 0 Å². The summed E-state index contributed by atoms with van der Waals surface area (Å²) in [6.07, 6.45) is -2.80. The minimum absolute atomic E-state index is 0.0790. The third-order valence-electron chi connectivity index (χ3n) is 2.92. The Morgan fingerprint density at radius 1 is 1.11 bits per heavy atom. The average Bonchev–Trinajstić information content (AvgIpc) is 2.56. The van der Waals surface area contributed by atoms with Gasteiger partial charge in [0.25, 0.3) is 0 Å². The Hall–Kier alpha value is -0.300. The Morgan fingerprint density at radius 2 is 1.67 bits per heavy atom. The molecule has 0 aliphatic carbocycles. The average molecular weight is 266 g/mol. The second-order valence-electron chi connectivity index (χ2n) is 4.60. The molecule has 0 unspecified atom stereocenters. The Labute approximate surface area is 108 Å². The lowest BCUT2D eigenvalue weighted by molar-refractivity contribution is -0.215. The van der Waals surface area contributed by atoms with Crippen LogP contribution in [0.15, 0.2) is 0 Å². The molecule has 1 fully saturated rings. The molecule has 0 atom stereocenters. The molecule has 1 aliphatic rings. The first-order chi connectivity index (χ1) is 8.48. The molecule has 0 aromatic heterocycles. The van der Waals surface area contributed by atoms with E-state index in [1.54, 1.807) is 0 Å². The number of alkyl halides is 2. The van der Waals surface area contributed by atoms with E-state index in [0.717, 1.165) is 4.90 Å². The third kappa shape index (κ3) is 4.42. The van der Waals surface area contributed by atoms with Gasteiger partial charge in [0.05, 0.1) is 19.3 Å². The highest BCUT2D eigenvalue weighted by atomic mass is 19.3. The topological polar surface area (TPSA) is 24.9 Å². The van der Waals surface area contributed by atoms with Crippen LogP contribution < -0.4 is 0 Å². The monoisotopic (exact) mass is 266 g/mol. The smallest absolute Gasteiger partial charge is 0.369 e. The summed E-state index contributed by atoms with van der Waals surface area (Å²) in [6, 6.07) is 0. The molecule has 0 radical (unpaired) electrons. The summed E-state index contributed by atoms with van der Waals surface area (Å²) >= 11 is 0. The largest absolute Gasteiger partial charge is 0.380 e. The Bertz CT molecular complexity index is 240. The van der Waals surface area contributed by atoms with E-state index in [1.807, 2.05) is 20.8 Å². The minimum atomic E-state index is -2.88. The molecule has 0 amide bonds. The van der Waals surface area contributed by atoms with Gasteiger partial charge in [0.2, 0.25) is 0 Å². The molecule has 18 heavy (non-hydrogen) atoms. The van der Waals surface area contributed by atoms with Gasteiger partial charge < -0.3 is 9.47 Å². The minimum Gasteiger partial charge on any atom is -0.380 e. The van der Waals surface area contributed by atoms with Crippen molar-refractivity contribution in [2.24, 2.45) is 0 Å². The fourth-order valence-corrected chi connectivity index (χ4v) is 1.92. The Balaban J connectivity index is 2.34. The summed E-state index contributed by atoms with van der Waals surface area (Å²) in [6.45, 7) is 8.19. The van der Waals surface area contributed by atoms with Crippen LogP contribution in [0.5, 0.6) is 0 Å². The predicted molar refractivity (Wildman–Crippen MR) is 65.7 cm³/mol. The van der Waals surface area contributed by atoms with E-state index in [9.17, 15) is 8.78 Å². The lowest BCUT2D eigenvalue weighted by Crippen LogP contribution is -2.48.